The van der Waals surface area contributed by atoms with E-state index in [0.29, 0.717) is 12.0 Å². The molecule has 1 saturated heterocycles. The number of amides is 1. The van der Waals surface area contributed by atoms with Crippen molar-refractivity contribution in [2.24, 2.45) is 5.92 Å². The van der Waals surface area contributed by atoms with E-state index < -0.39 is 0 Å². The van der Waals surface area contributed by atoms with Gasteiger partial charge in [-0.3, -0.25) is 9.69 Å². The van der Waals surface area contributed by atoms with Crippen LogP contribution >= 0.6 is 0 Å². The molecule has 0 aliphatic carbocycles. The molecule has 2 N–H and O–H groups in total. The Labute approximate surface area is 124 Å². The van der Waals surface area contributed by atoms with Crippen LogP contribution in [0.3, 0.4) is 0 Å². The highest BCUT2D eigenvalue weighted by Crippen LogP contribution is 2.14. The van der Waals surface area contributed by atoms with Crippen molar-refractivity contribution in [1.29, 1.82) is 0 Å². The first kappa shape index (κ1) is 17.4. The van der Waals surface area contributed by atoms with Crippen LogP contribution in [0.4, 0.5) is 0 Å². The fraction of sp³-hybridized carbons (Fsp3) is 0.938. The van der Waals surface area contributed by atoms with E-state index >= 15 is 0 Å². The Bertz CT molecular complexity index is 275. The Morgan fingerprint density at radius 2 is 2.15 bits per heavy atom. The highest BCUT2D eigenvalue weighted by atomic mass is 16.2. The van der Waals surface area contributed by atoms with Gasteiger partial charge in [0, 0.05) is 19.1 Å². The normalized spacial score (nSPS) is 21.2. The first-order valence-electron chi connectivity index (χ1n) is 8.30. The molecule has 2 unspecified atom stereocenters. The topological polar surface area (TPSA) is 44.4 Å². The van der Waals surface area contributed by atoms with Gasteiger partial charge in [0.15, 0.2) is 0 Å². The maximum Gasteiger partial charge on any atom is 0.237 e. The zero-order valence-corrected chi connectivity index (χ0v) is 13.7. The molecule has 0 bridgehead atoms. The molecule has 4 heteroatoms. The van der Waals surface area contributed by atoms with Gasteiger partial charge in [-0.1, -0.05) is 20.8 Å². The molecule has 4 nitrogen and oxygen atoms in total. The van der Waals surface area contributed by atoms with E-state index in [1.54, 1.807) is 0 Å². The van der Waals surface area contributed by atoms with E-state index in [-0.39, 0.29) is 11.9 Å². The summed E-state index contributed by atoms with van der Waals surface area (Å²) in [5.74, 6) is 0.824. The summed E-state index contributed by atoms with van der Waals surface area (Å²) in [6.45, 7) is 12.5. The molecule has 20 heavy (non-hydrogen) atoms. The van der Waals surface area contributed by atoms with Crippen molar-refractivity contribution in [3.63, 3.8) is 0 Å². The first-order chi connectivity index (χ1) is 9.56. The molecule has 0 aromatic heterocycles. The van der Waals surface area contributed by atoms with Gasteiger partial charge in [-0.25, -0.2) is 0 Å². The minimum atomic E-state index is -0.0213. The second kappa shape index (κ2) is 9.35. The lowest BCUT2D eigenvalue weighted by molar-refractivity contribution is -0.127. The molecular formula is C16H33N3O. The van der Waals surface area contributed by atoms with Crippen LogP contribution in [0.25, 0.3) is 0 Å². The van der Waals surface area contributed by atoms with Crippen LogP contribution in [0.1, 0.15) is 53.4 Å². The summed E-state index contributed by atoms with van der Waals surface area (Å²) in [5, 5.41) is 6.54. The summed E-state index contributed by atoms with van der Waals surface area (Å²) in [5.41, 5.74) is 0. The molecule has 0 saturated carbocycles. The van der Waals surface area contributed by atoms with Gasteiger partial charge in [-0.15, -0.1) is 0 Å². The van der Waals surface area contributed by atoms with Crippen LogP contribution in [0.15, 0.2) is 0 Å². The molecule has 0 aromatic rings. The smallest absolute Gasteiger partial charge is 0.237 e. The number of piperidine rings is 1. The second-order valence-electron chi connectivity index (χ2n) is 6.39. The molecule has 1 rings (SSSR count). The van der Waals surface area contributed by atoms with Crippen LogP contribution in [0, 0.1) is 5.92 Å². The van der Waals surface area contributed by atoms with E-state index in [9.17, 15) is 4.79 Å². The Morgan fingerprint density at radius 3 is 2.70 bits per heavy atom. The highest BCUT2D eigenvalue weighted by Gasteiger charge is 2.28. The van der Waals surface area contributed by atoms with Gasteiger partial charge in [0.2, 0.25) is 5.91 Å². The van der Waals surface area contributed by atoms with Crippen molar-refractivity contribution in [2.45, 2.75) is 65.5 Å². The largest absolute Gasteiger partial charge is 0.355 e. The van der Waals surface area contributed by atoms with Crippen molar-refractivity contribution >= 4 is 5.91 Å². The average Bonchev–Trinajstić information content (AvgIpc) is 2.44. The van der Waals surface area contributed by atoms with Crippen LogP contribution < -0.4 is 10.6 Å². The van der Waals surface area contributed by atoms with Crippen molar-refractivity contribution in [3.05, 3.63) is 0 Å². The molecule has 0 radical (unpaired) electrons. The van der Waals surface area contributed by atoms with Gasteiger partial charge in [-0.2, -0.15) is 0 Å². The van der Waals surface area contributed by atoms with Gasteiger partial charge in [0.25, 0.3) is 0 Å². The molecule has 1 aliphatic rings. The van der Waals surface area contributed by atoms with E-state index in [0.717, 1.165) is 39.0 Å². The number of carbonyl (C=O) groups is 1. The van der Waals surface area contributed by atoms with Crippen LogP contribution in [0.2, 0.25) is 0 Å². The Morgan fingerprint density at radius 1 is 1.40 bits per heavy atom. The number of carbonyl (C=O) groups excluding carboxylic acids is 1. The van der Waals surface area contributed by atoms with Crippen LogP contribution in [-0.4, -0.2) is 49.1 Å². The number of hydrogen-bond donors (Lipinski definition) is 2. The summed E-state index contributed by atoms with van der Waals surface area (Å²) in [6.07, 6.45) is 4.57. The second-order valence-corrected chi connectivity index (χ2v) is 6.39. The third-order valence-corrected chi connectivity index (χ3v) is 4.12. The molecule has 0 spiro atoms. The number of rotatable bonds is 8. The van der Waals surface area contributed by atoms with E-state index in [4.69, 9.17) is 0 Å². The molecule has 0 aromatic carbocycles. The maximum absolute atomic E-state index is 12.3. The molecule has 1 amide bonds. The standard InChI is InChI=1S/C16H33N3O/c1-5-11-19(15-7-6-9-17-12-15)14(4)16(20)18-10-8-13(2)3/h13-15,17H,5-12H2,1-4H3,(H,18,20). The summed E-state index contributed by atoms with van der Waals surface area (Å²) >= 11 is 0. The van der Waals surface area contributed by atoms with Gasteiger partial charge in [-0.05, 0) is 51.6 Å². The number of hydrogen-bond acceptors (Lipinski definition) is 3. The zero-order chi connectivity index (χ0) is 15.0. The van der Waals surface area contributed by atoms with E-state index in [2.05, 4.69) is 43.2 Å². The zero-order valence-electron chi connectivity index (χ0n) is 13.7. The molecule has 2 atom stereocenters. The third kappa shape index (κ3) is 5.80. The lowest BCUT2D eigenvalue weighted by Crippen LogP contribution is -2.54. The van der Waals surface area contributed by atoms with Crippen LogP contribution in [0.5, 0.6) is 0 Å². The van der Waals surface area contributed by atoms with E-state index in [1.807, 2.05) is 0 Å². The third-order valence-electron chi connectivity index (χ3n) is 4.12. The predicted octanol–water partition coefficient (Wildman–Crippen LogP) is 2.00. The van der Waals surface area contributed by atoms with Crippen molar-refractivity contribution in [3.8, 4) is 0 Å². The van der Waals surface area contributed by atoms with E-state index in [1.165, 1.54) is 12.8 Å². The lowest BCUT2D eigenvalue weighted by atomic mass is 10.0. The molecule has 1 fully saturated rings. The van der Waals surface area contributed by atoms with Gasteiger partial charge < -0.3 is 10.6 Å². The maximum atomic E-state index is 12.3. The average molecular weight is 283 g/mol. The van der Waals surface area contributed by atoms with Crippen molar-refractivity contribution in [1.82, 2.24) is 15.5 Å². The molecule has 1 heterocycles. The Balaban J connectivity index is 2.48. The summed E-state index contributed by atoms with van der Waals surface area (Å²) in [6, 6.07) is 0.488. The minimum absolute atomic E-state index is 0.0213. The highest BCUT2D eigenvalue weighted by molar-refractivity contribution is 5.81. The fourth-order valence-electron chi connectivity index (χ4n) is 2.85. The molecule has 1 aliphatic heterocycles. The minimum Gasteiger partial charge on any atom is -0.355 e. The van der Waals surface area contributed by atoms with Gasteiger partial charge in [0.1, 0.15) is 0 Å². The predicted molar refractivity (Wildman–Crippen MR) is 84.8 cm³/mol. The molecular weight excluding hydrogens is 250 g/mol. The summed E-state index contributed by atoms with van der Waals surface area (Å²) in [4.78, 5) is 14.7. The van der Waals surface area contributed by atoms with Crippen molar-refractivity contribution in [2.75, 3.05) is 26.2 Å². The summed E-state index contributed by atoms with van der Waals surface area (Å²) < 4.78 is 0. The monoisotopic (exact) mass is 283 g/mol. The van der Waals surface area contributed by atoms with Gasteiger partial charge in [0.05, 0.1) is 6.04 Å². The quantitative estimate of drug-likeness (QED) is 0.716. The number of nitrogens with zero attached hydrogens (tertiary/aromatic N) is 1. The molecule has 118 valence electrons. The lowest BCUT2D eigenvalue weighted by Gasteiger charge is -2.38. The Hall–Kier alpha value is -0.610. The van der Waals surface area contributed by atoms with Gasteiger partial charge >= 0.3 is 0 Å². The van der Waals surface area contributed by atoms with Crippen LogP contribution in [-0.2, 0) is 4.79 Å². The SMILES string of the molecule is CCCN(C1CCCNC1)C(C)C(=O)NCCC(C)C. The Kier molecular flexibility index (Phi) is 8.15. The number of nitrogens with one attached hydrogen (secondary N) is 2. The first-order valence-corrected chi connectivity index (χ1v) is 8.30. The fourth-order valence-corrected chi connectivity index (χ4v) is 2.85. The summed E-state index contributed by atoms with van der Waals surface area (Å²) in [7, 11) is 0. The van der Waals surface area contributed by atoms with Crippen molar-refractivity contribution < 1.29 is 4.79 Å².